The molecule has 2 aliphatic heterocycles. The Hall–Kier alpha value is -1.43. The van der Waals surface area contributed by atoms with Gasteiger partial charge in [-0.25, -0.2) is 0 Å². The molecule has 3 atom stereocenters. The Kier molecular flexibility index (Phi) is 7.49. The summed E-state index contributed by atoms with van der Waals surface area (Å²) in [7, 11) is 0. The van der Waals surface area contributed by atoms with E-state index in [1.807, 2.05) is 13.8 Å². The second kappa shape index (κ2) is 9.86. The molecule has 0 amide bonds. The SMILES string of the molecule is CCOC(=O)C(C)C1(O)CCN(CCc2ccccc2)C(C2CCNCC2)C1. The summed E-state index contributed by atoms with van der Waals surface area (Å²) in [5.41, 5.74) is 0.387. The van der Waals surface area contributed by atoms with Crippen molar-refractivity contribution in [2.45, 2.75) is 57.6 Å². The van der Waals surface area contributed by atoms with Gasteiger partial charge in [0, 0.05) is 19.1 Å². The van der Waals surface area contributed by atoms with Crippen LogP contribution in [0.5, 0.6) is 0 Å². The number of ether oxygens (including phenoxy) is 1. The highest BCUT2D eigenvalue weighted by molar-refractivity contribution is 5.73. The van der Waals surface area contributed by atoms with Gasteiger partial charge in [0.1, 0.15) is 0 Å². The Labute approximate surface area is 169 Å². The second-order valence-electron chi connectivity index (χ2n) is 8.46. The van der Waals surface area contributed by atoms with Crippen LogP contribution in [0.4, 0.5) is 0 Å². The number of likely N-dealkylation sites (tertiary alicyclic amines) is 1. The lowest BCUT2D eigenvalue weighted by molar-refractivity contribution is -0.164. The van der Waals surface area contributed by atoms with Crippen LogP contribution in [0.25, 0.3) is 0 Å². The van der Waals surface area contributed by atoms with Crippen LogP contribution in [0.3, 0.4) is 0 Å². The number of benzene rings is 1. The van der Waals surface area contributed by atoms with Crippen molar-refractivity contribution in [2.24, 2.45) is 11.8 Å². The number of carbonyl (C=O) groups is 1. The summed E-state index contributed by atoms with van der Waals surface area (Å²) in [5.74, 6) is -0.182. The van der Waals surface area contributed by atoms with Gasteiger partial charge in [0.15, 0.2) is 0 Å². The van der Waals surface area contributed by atoms with Crippen molar-refractivity contribution in [2.75, 3.05) is 32.8 Å². The summed E-state index contributed by atoms with van der Waals surface area (Å²) in [4.78, 5) is 14.9. The summed E-state index contributed by atoms with van der Waals surface area (Å²) >= 11 is 0. The molecule has 0 spiro atoms. The lowest BCUT2D eigenvalue weighted by atomic mass is 9.72. The first-order chi connectivity index (χ1) is 13.5. The van der Waals surface area contributed by atoms with Crippen LogP contribution in [0.2, 0.25) is 0 Å². The Bertz CT molecular complexity index is 618. The van der Waals surface area contributed by atoms with Crippen LogP contribution in [0.15, 0.2) is 30.3 Å². The van der Waals surface area contributed by atoms with E-state index in [-0.39, 0.29) is 5.97 Å². The van der Waals surface area contributed by atoms with Crippen molar-refractivity contribution in [3.8, 4) is 0 Å². The van der Waals surface area contributed by atoms with Gasteiger partial charge in [0.05, 0.1) is 18.1 Å². The normalized spacial score (nSPS) is 28.0. The van der Waals surface area contributed by atoms with Gasteiger partial charge in [0.25, 0.3) is 0 Å². The Morgan fingerprint density at radius 3 is 2.71 bits per heavy atom. The number of carbonyl (C=O) groups excluding carboxylic acids is 1. The predicted octanol–water partition coefficient (Wildman–Crippen LogP) is 2.62. The van der Waals surface area contributed by atoms with Crippen LogP contribution in [-0.2, 0) is 16.0 Å². The van der Waals surface area contributed by atoms with Gasteiger partial charge in [-0.15, -0.1) is 0 Å². The number of hydrogen-bond acceptors (Lipinski definition) is 5. The summed E-state index contributed by atoms with van der Waals surface area (Å²) < 4.78 is 5.21. The molecular formula is C23H36N2O3. The predicted molar refractivity (Wildman–Crippen MR) is 111 cm³/mol. The Morgan fingerprint density at radius 1 is 1.32 bits per heavy atom. The number of aliphatic hydroxyl groups is 1. The van der Waals surface area contributed by atoms with E-state index < -0.39 is 11.5 Å². The molecule has 156 valence electrons. The molecule has 3 rings (SSSR count). The molecule has 0 bridgehead atoms. The third kappa shape index (κ3) is 5.13. The van der Waals surface area contributed by atoms with E-state index in [1.165, 1.54) is 5.56 Å². The first-order valence-corrected chi connectivity index (χ1v) is 10.9. The number of nitrogens with zero attached hydrogens (tertiary/aromatic N) is 1. The average Bonchev–Trinajstić information content (AvgIpc) is 2.74. The molecule has 2 saturated heterocycles. The molecule has 28 heavy (non-hydrogen) atoms. The quantitative estimate of drug-likeness (QED) is 0.703. The van der Waals surface area contributed by atoms with Gasteiger partial charge < -0.3 is 15.2 Å². The molecule has 0 aromatic heterocycles. The molecular weight excluding hydrogens is 352 g/mol. The summed E-state index contributed by atoms with van der Waals surface area (Å²) in [5, 5.41) is 14.8. The minimum absolute atomic E-state index is 0.271. The fraction of sp³-hybridized carbons (Fsp3) is 0.696. The molecule has 1 aromatic rings. The highest BCUT2D eigenvalue weighted by Crippen LogP contribution is 2.38. The molecule has 0 aliphatic carbocycles. The lowest BCUT2D eigenvalue weighted by Crippen LogP contribution is -2.58. The molecule has 0 radical (unpaired) electrons. The van der Waals surface area contributed by atoms with Crippen molar-refractivity contribution in [3.05, 3.63) is 35.9 Å². The fourth-order valence-electron chi connectivity index (χ4n) is 4.87. The molecule has 3 unspecified atom stereocenters. The molecule has 2 fully saturated rings. The van der Waals surface area contributed by atoms with Crippen LogP contribution in [0.1, 0.15) is 45.1 Å². The standard InChI is InChI=1S/C23H36N2O3/c1-3-28-22(26)18(2)23(27)12-16-25(15-11-19-7-5-4-6-8-19)21(17-23)20-9-13-24-14-10-20/h4-8,18,20-21,24,27H,3,9-17H2,1-2H3. The van der Waals surface area contributed by atoms with Crippen LogP contribution < -0.4 is 5.32 Å². The first-order valence-electron chi connectivity index (χ1n) is 10.9. The minimum atomic E-state index is -0.967. The minimum Gasteiger partial charge on any atom is -0.466 e. The van der Waals surface area contributed by atoms with Gasteiger partial charge in [-0.3, -0.25) is 9.69 Å². The number of hydrogen-bond donors (Lipinski definition) is 2. The van der Waals surface area contributed by atoms with Crippen LogP contribution in [-0.4, -0.2) is 60.4 Å². The van der Waals surface area contributed by atoms with Crippen molar-refractivity contribution < 1.29 is 14.6 Å². The van der Waals surface area contributed by atoms with E-state index in [1.54, 1.807) is 0 Å². The Balaban J connectivity index is 1.71. The number of esters is 1. The zero-order valence-electron chi connectivity index (χ0n) is 17.4. The second-order valence-corrected chi connectivity index (χ2v) is 8.46. The highest BCUT2D eigenvalue weighted by atomic mass is 16.5. The molecule has 5 nitrogen and oxygen atoms in total. The summed E-state index contributed by atoms with van der Waals surface area (Å²) in [6.45, 7) is 7.93. The van der Waals surface area contributed by atoms with Gasteiger partial charge in [-0.05, 0) is 70.5 Å². The topological polar surface area (TPSA) is 61.8 Å². The fourth-order valence-corrected chi connectivity index (χ4v) is 4.87. The van der Waals surface area contributed by atoms with E-state index in [9.17, 15) is 9.90 Å². The largest absolute Gasteiger partial charge is 0.466 e. The summed E-state index contributed by atoms with van der Waals surface area (Å²) in [6.07, 6.45) is 4.58. The zero-order chi connectivity index (χ0) is 20.0. The van der Waals surface area contributed by atoms with Gasteiger partial charge in [-0.1, -0.05) is 30.3 Å². The van der Waals surface area contributed by atoms with Crippen LogP contribution in [0, 0.1) is 11.8 Å². The molecule has 5 heteroatoms. The molecule has 2 N–H and O–H groups in total. The third-order valence-corrected chi connectivity index (χ3v) is 6.77. The number of nitrogens with one attached hydrogen (secondary N) is 1. The maximum Gasteiger partial charge on any atom is 0.311 e. The molecule has 0 saturated carbocycles. The lowest BCUT2D eigenvalue weighted by Gasteiger charge is -2.49. The smallest absolute Gasteiger partial charge is 0.311 e. The third-order valence-electron chi connectivity index (χ3n) is 6.77. The maximum absolute atomic E-state index is 12.3. The first kappa shape index (κ1) is 21.3. The van der Waals surface area contributed by atoms with Crippen molar-refractivity contribution in [1.29, 1.82) is 0 Å². The van der Waals surface area contributed by atoms with Crippen molar-refractivity contribution in [1.82, 2.24) is 10.2 Å². The maximum atomic E-state index is 12.3. The van der Waals surface area contributed by atoms with Crippen molar-refractivity contribution in [3.63, 3.8) is 0 Å². The summed E-state index contributed by atoms with van der Waals surface area (Å²) in [6, 6.07) is 10.9. The van der Waals surface area contributed by atoms with Crippen LogP contribution >= 0.6 is 0 Å². The average molecular weight is 389 g/mol. The van der Waals surface area contributed by atoms with Crippen molar-refractivity contribution >= 4 is 5.97 Å². The van der Waals surface area contributed by atoms with E-state index in [0.29, 0.717) is 31.4 Å². The van der Waals surface area contributed by atoms with E-state index in [0.717, 1.165) is 45.4 Å². The van der Waals surface area contributed by atoms with E-state index in [2.05, 4.69) is 40.5 Å². The monoisotopic (exact) mass is 388 g/mol. The van der Waals surface area contributed by atoms with Gasteiger partial charge in [-0.2, -0.15) is 0 Å². The van der Waals surface area contributed by atoms with E-state index in [4.69, 9.17) is 4.74 Å². The number of rotatable bonds is 7. The Morgan fingerprint density at radius 2 is 2.04 bits per heavy atom. The number of piperidine rings is 2. The zero-order valence-corrected chi connectivity index (χ0v) is 17.4. The molecule has 2 heterocycles. The molecule has 2 aliphatic rings. The van der Waals surface area contributed by atoms with Gasteiger partial charge >= 0.3 is 5.97 Å². The molecule has 1 aromatic carbocycles. The highest BCUT2D eigenvalue weighted by Gasteiger charge is 2.47. The van der Waals surface area contributed by atoms with E-state index >= 15 is 0 Å². The van der Waals surface area contributed by atoms with Gasteiger partial charge in [0.2, 0.25) is 0 Å².